The molecule has 2 rings (SSSR count). The van der Waals surface area contributed by atoms with Crippen LogP contribution in [0, 0.1) is 5.82 Å². The largest absolute Gasteiger partial charge is 0.350 e. The summed E-state index contributed by atoms with van der Waals surface area (Å²) in [4.78, 5) is 27.4. The first-order valence-corrected chi connectivity index (χ1v) is 12.9. The standard InChI is InChI=1S/C23H29BrFN3O4S/c1-16(22(30)26-23(2,3)4)27(14-17-8-6-7-9-20(17)25)21(29)15-28(33(5,31)32)19-12-10-18(24)11-13-19/h6-13,16H,14-15H2,1-5H3,(H,26,30). The Hall–Kier alpha value is -2.46. The van der Waals surface area contributed by atoms with E-state index in [-0.39, 0.29) is 12.1 Å². The van der Waals surface area contributed by atoms with Crippen LogP contribution in [-0.2, 0) is 26.2 Å². The van der Waals surface area contributed by atoms with Gasteiger partial charge in [-0.25, -0.2) is 12.8 Å². The third kappa shape index (κ3) is 7.82. The second-order valence-corrected chi connectivity index (χ2v) is 11.6. The van der Waals surface area contributed by atoms with Crippen molar-refractivity contribution >= 4 is 43.5 Å². The fourth-order valence-electron chi connectivity index (χ4n) is 3.09. The number of anilines is 1. The molecule has 2 aromatic carbocycles. The van der Waals surface area contributed by atoms with Crippen molar-refractivity contribution in [1.82, 2.24) is 10.2 Å². The number of benzene rings is 2. The number of nitrogens with one attached hydrogen (secondary N) is 1. The molecule has 180 valence electrons. The van der Waals surface area contributed by atoms with Crippen LogP contribution in [-0.4, -0.2) is 49.5 Å². The lowest BCUT2D eigenvalue weighted by Crippen LogP contribution is -2.54. The number of sulfonamides is 1. The molecule has 0 fully saturated rings. The fourth-order valence-corrected chi connectivity index (χ4v) is 4.20. The van der Waals surface area contributed by atoms with Crippen LogP contribution >= 0.6 is 15.9 Å². The van der Waals surface area contributed by atoms with Crippen LogP contribution < -0.4 is 9.62 Å². The van der Waals surface area contributed by atoms with Gasteiger partial charge in [0.05, 0.1) is 11.9 Å². The molecule has 0 saturated heterocycles. The highest BCUT2D eigenvalue weighted by atomic mass is 79.9. The monoisotopic (exact) mass is 541 g/mol. The van der Waals surface area contributed by atoms with Crippen molar-refractivity contribution in [2.75, 3.05) is 17.1 Å². The predicted molar refractivity (Wildman–Crippen MR) is 131 cm³/mol. The zero-order valence-electron chi connectivity index (χ0n) is 19.3. The van der Waals surface area contributed by atoms with Crippen molar-refractivity contribution in [3.05, 3.63) is 64.4 Å². The van der Waals surface area contributed by atoms with Crippen LogP contribution in [0.15, 0.2) is 53.0 Å². The van der Waals surface area contributed by atoms with Gasteiger partial charge in [-0.3, -0.25) is 13.9 Å². The Kier molecular flexibility index (Phi) is 8.64. The maximum Gasteiger partial charge on any atom is 0.244 e. The summed E-state index contributed by atoms with van der Waals surface area (Å²) in [6.07, 6.45) is 0.999. The molecule has 0 spiro atoms. The Morgan fingerprint density at radius 2 is 1.67 bits per heavy atom. The molecule has 0 heterocycles. The lowest BCUT2D eigenvalue weighted by atomic mass is 10.1. The van der Waals surface area contributed by atoms with Gasteiger partial charge in [0.1, 0.15) is 18.4 Å². The minimum Gasteiger partial charge on any atom is -0.350 e. The lowest BCUT2D eigenvalue weighted by Gasteiger charge is -2.33. The van der Waals surface area contributed by atoms with E-state index in [9.17, 15) is 22.4 Å². The third-order valence-corrected chi connectivity index (χ3v) is 6.43. The van der Waals surface area contributed by atoms with E-state index in [1.165, 1.54) is 30.0 Å². The van der Waals surface area contributed by atoms with Gasteiger partial charge in [0, 0.05) is 22.1 Å². The fraction of sp³-hybridized carbons (Fsp3) is 0.391. The average Bonchev–Trinajstić information content (AvgIpc) is 2.69. The van der Waals surface area contributed by atoms with Crippen LogP contribution in [0.1, 0.15) is 33.3 Å². The summed E-state index contributed by atoms with van der Waals surface area (Å²) in [5.41, 5.74) is -0.0311. The number of carbonyl (C=O) groups excluding carboxylic acids is 2. The smallest absolute Gasteiger partial charge is 0.244 e. The summed E-state index contributed by atoms with van der Waals surface area (Å²) in [6, 6.07) is 11.4. The number of halogens is 2. The number of amides is 2. The second kappa shape index (κ2) is 10.6. The van der Waals surface area contributed by atoms with Crippen LogP contribution in [0.25, 0.3) is 0 Å². The number of rotatable bonds is 8. The van der Waals surface area contributed by atoms with E-state index in [2.05, 4.69) is 21.2 Å². The molecule has 33 heavy (non-hydrogen) atoms. The Morgan fingerprint density at radius 3 is 2.18 bits per heavy atom. The average molecular weight is 542 g/mol. The predicted octanol–water partition coefficient (Wildman–Crippen LogP) is 3.69. The van der Waals surface area contributed by atoms with Crippen LogP contribution in [0.4, 0.5) is 10.1 Å². The van der Waals surface area contributed by atoms with Crippen molar-refractivity contribution in [1.29, 1.82) is 0 Å². The molecule has 0 radical (unpaired) electrons. The maximum absolute atomic E-state index is 14.4. The molecular formula is C23H29BrFN3O4S. The lowest BCUT2D eigenvalue weighted by molar-refractivity contribution is -0.140. The zero-order chi connectivity index (χ0) is 25.0. The summed E-state index contributed by atoms with van der Waals surface area (Å²) in [6.45, 7) is 6.22. The molecule has 0 bridgehead atoms. The first-order valence-electron chi connectivity index (χ1n) is 10.3. The third-order valence-electron chi connectivity index (χ3n) is 4.76. The van der Waals surface area contributed by atoms with E-state index in [4.69, 9.17) is 0 Å². The summed E-state index contributed by atoms with van der Waals surface area (Å²) < 4.78 is 41.0. The Labute approximate surface area is 203 Å². The minimum atomic E-state index is -3.82. The molecule has 7 nitrogen and oxygen atoms in total. The van der Waals surface area contributed by atoms with Crippen molar-refractivity contribution in [2.45, 2.75) is 45.8 Å². The molecule has 0 aliphatic heterocycles. The van der Waals surface area contributed by atoms with Crippen molar-refractivity contribution in [2.24, 2.45) is 0 Å². The SMILES string of the molecule is CC(C(=O)NC(C)(C)C)N(Cc1ccccc1F)C(=O)CN(c1ccc(Br)cc1)S(C)(=O)=O. The van der Waals surface area contributed by atoms with Crippen LogP contribution in [0.2, 0.25) is 0 Å². The highest BCUT2D eigenvalue weighted by Gasteiger charge is 2.31. The quantitative estimate of drug-likeness (QED) is 0.552. The van der Waals surface area contributed by atoms with Gasteiger partial charge in [0.15, 0.2) is 0 Å². The Balaban J connectivity index is 2.41. The van der Waals surface area contributed by atoms with Gasteiger partial charge in [0.25, 0.3) is 0 Å². The topological polar surface area (TPSA) is 86.8 Å². The van der Waals surface area contributed by atoms with E-state index in [1.54, 1.807) is 51.1 Å². The van der Waals surface area contributed by atoms with Crippen LogP contribution in [0.5, 0.6) is 0 Å². The number of nitrogens with zero attached hydrogens (tertiary/aromatic N) is 2. The van der Waals surface area contributed by atoms with Gasteiger partial charge in [-0.05, 0) is 58.0 Å². The molecule has 1 N–H and O–H groups in total. The van der Waals surface area contributed by atoms with Crippen LogP contribution in [0.3, 0.4) is 0 Å². The number of hydrogen-bond donors (Lipinski definition) is 1. The van der Waals surface area contributed by atoms with Gasteiger partial charge < -0.3 is 10.2 Å². The molecule has 2 aromatic rings. The first kappa shape index (κ1) is 26.8. The molecule has 1 unspecified atom stereocenters. The van der Waals surface area contributed by atoms with Gasteiger partial charge in [-0.2, -0.15) is 0 Å². The summed E-state index contributed by atoms with van der Waals surface area (Å²) in [7, 11) is -3.82. The maximum atomic E-state index is 14.4. The number of carbonyl (C=O) groups is 2. The van der Waals surface area contributed by atoms with Gasteiger partial charge in [-0.15, -0.1) is 0 Å². The van der Waals surface area contributed by atoms with E-state index in [0.717, 1.165) is 15.0 Å². The highest BCUT2D eigenvalue weighted by Crippen LogP contribution is 2.22. The molecule has 1 atom stereocenters. The molecule has 2 amide bonds. The van der Waals surface area contributed by atoms with Crippen molar-refractivity contribution in [3.8, 4) is 0 Å². The van der Waals surface area contributed by atoms with Gasteiger partial charge in [-0.1, -0.05) is 34.1 Å². The minimum absolute atomic E-state index is 0.192. The van der Waals surface area contributed by atoms with Gasteiger partial charge in [0.2, 0.25) is 21.8 Å². The summed E-state index contributed by atoms with van der Waals surface area (Å²) in [5.74, 6) is -1.59. The number of hydrogen-bond acceptors (Lipinski definition) is 4. The first-order chi connectivity index (χ1) is 15.2. The molecule has 0 aliphatic carbocycles. The second-order valence-electron chi connectivity index (χ2n) is 8.77. The van der Waals surface area contributed by atoms with E-state index in [1.807, 2.05) is 0 Å². The van der Waals surface area contributed by atoms with Crippen molar-refractivity contribution < 1.29 is 22.4 Å². The molecule has 0 aliphatic rings. The van der Waals surface area contributed by atoms with Gasteiger partial charge >= 0.3 is 0 Å². The summed E-state index contributed by atoms with van der Waals surface area (Å²) >= 11 is 3.30. The van der Waals surface area contributed by atoms with E-state index >= 15 is 0 Å². The van der Waals surface area contributed by atoms with E-state index < -0.39 is 45.8 Å². The Bertz CT molecular complexity index is 1100. The molecular weight excluding hydrogens is 513 g/mol. The molecule has 10 heteroatoms. The normalized spacial score (nSPS) is 12.7. The van der Waals surface area contributed by atoms with Crippen molar-refractivity contribution in [3.63, 3.8) is 0 Å². The highest BCUT2D eigenvalue weighted by molar-refractivity contribution is 9.10. The molecule has 0 saturated carbocycles. The zero-order valence-corrected chi connectivity index (χ0v) is 21.7. The molecule has 0 aromatic heterocycles. The van der Waals surface area contributed by atoms with E-state index in [0.29, 0.717) is 5.69 Å². The Morgan fingerprint density at radius 1 is 1.09 bits per heavy atom. The summed E-state index contributed by atoms with van der Waals surface area (Å²) in [5, 5.41) is 2.81.